The lowest BCUT2D eigenvalue weighted by atomic mass is 9.96. The van der Waals surface area contributed by atoms with Crippen LogP contribution in [0.4, 0.5) is 33.1 Å². The number of nitrogens with one attached hydrogen (secondary N) is 4. The summed E-state index contributed by atoms with van der Waals surface area (Å²) in [5.41, 5.74) is 1.90. The van der Waals surface area contributed by atoms with Crippen LogP contribution in [0.5, 0.6) is 17.2 Å². The summed E-state index contributed by atoms with van der Waals surface area (Å²) >= 11 is 0. The van der Waals surface area contributed by atoms with E-state index in [1.54, 1.807) is 60.8 Å². The second-order valence-electron chi connectivity index (χ2n) is 19.5. The number of imide groups is 2. The molecule has 4 N–H and O–H groups in total. The molecule has 1 unspecified atom stereocenters. The number of anilines is 5. The fraction of sp³-hybridized carbons (Fsp3) is 0.315. The number of benzene rings is 4. The number of carbonyl (C=O) groups excluding carboxylic acids is 7. The maximum absolute atomic E-state index is 13.5. The molecular weight excluding hydrogens is 980 g/mol. The summed E-state index contributed by atoms with van der Waals surface area (Å²) in [4.78, 5) is 107. The molecule has 0 radical (unpaired) electrons. The van der Waals surface area contributed by atoms with E-state index in [9.17, 15) is 38.0 Å². The maximum atomic E-state index is 13.5. The van der Waals surface area contributed by atoms with Gasteiger partial charge in [-0.1, -0.05) is 0 Å². The topological polar surface area (TPSA) is 251 Å². The van der Waals surface area contributed by atoms with Gasteiger partial charge < -0.3 is 35.2 Å². The predicted molar refractivity (Wildman–Crippen MR) is 275 cm³/mol. The lowest BCUT2D eigenvalue weighted by Gasteiger charge is -2.39. The maximum Gasteiger partial charge on any atom is 0.277 e. The molecule has 0 bridgehead atoms. The van der Waals surface area contributed by atoms with E-state index < -0.39 is 58.6 Å². The lowest BCUT2D eigenvalue weighted by Crippen LogP contribution is -2.54. The molecule has 6 heterocycles. The number of hydrogen-bond donors (Lipinski definition) is 4. The van der Waals surface area contributed by atoms with Gasteiger partial charge in [0.05, 0.1) is 35.6 Å². The minimum atomic E-state index is -1.21. The first-order valence-corrected chi connectivity index (χ1v) is 25.0. The largest absolute Gasteiger partial charge is 0.495 e. The van der Waals surface area contributed by atoms with Crippen LogP contribution in [-0.2, 0) is 19.2 Å². The van der Waals surface area contributed by atoms with E-state index in [0.29, 0.717) is 69.9 Å². The Labute approximate surface area is 434 Å². The number of piperidine rings is 2. The predicted octanol–water partition coefficient (Wildman–Crippen LogP) is 5.41. The quantitative estimate of drug-likeness (QED) is 0.0787. The smallest absolute Gasteiger partial charge is 0.277 e. The van der Waals surface area contributed by atoms with E-state index >= 15 is 0 Å². The van der Waals surface area contributed by atoms with Gasteiger partial charge in [-0.05, 0) is 123 Å². The molecule has 1 aliphatic carbocycles. The van der Waals surface area contributed by atoms with E-state index in [0.717, 1.165) is 69.2 Å². The standard InChI is InChI=1S/C54H51FN12O9/c1-75-45-27-39-40(56-19-14-44(39)76-36-9-6-34(7-10-36)59-52(74)54(17-18-54)51(73)58-33-4-2-32(55)3-5-33)28-41(45)60-47(69)42-29-57-53(63-62-42)66-20-15-31(16-21-66)30-64-22-24-65(25-23-64)35-8-11-37-38(26-35)50(72)67(49(37)71)43-12-13-46(68)61-48(43)70/h2-11,14,19,26-29,31,43H,12-13,15-18,20-25,30H2,1H3,(H,58,73)(H,59,74)(H,60,69)(H,61,68,70). The number of amides is 7. The molecule has 4 fully saturated rings. The molecule has 2 aromatic heterocycles. The third-order valence-corrected chi connectivity index (χ3v) is 14.7. The Morgan fingerprint density at radius 2 is 1.43 bits per heavy atom. The van der Waals surface area contributed by atoms with Gasteiger partial charge >= 0.3 is 0 Å². The number of fused-ring (bicyclic) bond motifs is 2. The Bertz CT molecular complexity index is 3310. The second kappa shape index (κ2) is 20.4. The number of ether oxygens (including phenoxy) is 2. The SMILES string of the molecule is COc1cc2c(Oc3ccc(NC(=O)C4(C(=O)Nc5ccc(F)cc5)CC4)cc3)ccnc2cc1NC(=O)c1cnc(N2CCC(CN3CCN(c4ccc5c(c4)C(=O)N(C4CCC(=O)NC4=O)C5=O)CC3)CC2)nn1. The number of halogens is 1. The van der Waals surface area contributed by atoms with E-state index in [1.807, 2.05) is 6.07 Å². The van der Waals surface area contributed by atoms with Gasteiger partial charge in [0.25, 0.3) is 17.7 Å². The second-order valence-corrected chi connectivity index (χ2v) is 19.5. The number of nitrogens with zero attached hydrogens (tertiary/aromatic N) is 8. The Kier molecular flexibility index (Phi) is 13.2. The fourth-order valence-corrected chi connectivity index (χ4v) is 10.2. The van der Waals surface area contributed by atoms with Crippen LogP contribution in [-0.4, -0.2) is 130 Å². The highest BCUT2D eigenvalue weighted by Crippen LogP contribution is 2.48. The Hall–Kier alpha value is -8.92. The van der Waals surface area contributed by atoms with Gasteiger partial charge in [-0.2, -0.15) is 0 Å². The number of rotatable bonds is 14. The zero-order valence-corrected chi connectivity index (χ0v) is 41.2. The molecule has 5 aliphatic rings. The molecule has 11 rings (SSSR count). The highest BCUT2D eigenvalue weighted by molar-refractivity contribution is 6.24. The summed E-state index contributed by atoms with van der Waals surface area (Å²) < 4.78 is 25.2. The normalized spacial score (nSPS) is 18.5. The zero-order valence-electron chi connectivity index (χ0n) is 41.2. The molecule has 388 valence electrons. The molecule has 22 heteroatoms. The van der Waals surface area contributed by atoms with Gasteiger partial charge in [-0.3, -0.25) is 53.7 Å². The summed E-state index contributed by atoms with van der Waals surface area (Å²) in [5.74, 6) is -1.78. The summed E-state index contributed by atoms with van der Waals surface area (Å²) in [6.07, 6.45) is 5.79. The van der Waals surface area contributed by atoms with E-state index in [-0.39, 0.29) is 29.7 Å². The molecule has 7 amide bonds. The monoisotopic (exact) mass is 1030 g/mol. The van der Waals surface area contributed by atoms with Crippen molar-refractivity contribution in [2.75, 3.05) is 78.7 Å². The van der Waals surface area contributed by atoms with Crippen molar-refractivity contribution in [3.05, 3.63) is 120 Å². The fourth-order valence-electron chi connectivity index (χ4n) is 10.2. The van der Waals surface area contributed by atoms with Gasteiger partial charge in [0.15, 0.2) is 5.69 Å². The Morgan fingerprint density at radius 1 is 0.737 bits per heavy atom. The molecule has 4 aromatic carbocycles. The molecule has 1 atom stereocenters. The summed E-state index contributed by atoms with van der Waals surface area (Å²) in [5, 5.41) is 19.7. The van der Waals surface area contributed by atoms with Crippen LogP contribution in [0, 0.1) is 17.2 Å². The van der Waals surface area contributed by atoms with Crippen molar-refractivity contribution in [1.29, 1.82) is 0 Å². The molecular formula is C54H51FN12O9. The minimum absolute atomic E-state index is 0.0133. The number of methoxy groups -OCH3 is 1. The van der Waals surface area contributed by atoms with Gasteiger partial charge in [0.2, 0.25) is 29.6 Å². The van der Waals surface area contributed by atoms with E-state index in [2.05, 4.69) is 56.1 Å². The number of piperazine rings is 1. The first-order chi connectivity index (χ1) is 36.8. The van der Waals surface area contributed by atoms with Crippen molar-refractivity contribution in [3.8, 4) is 17.2 Å². The third kappa shape index (κ3) is 9.93. The average Bonchev–Trinajstić information content (AvgIpc) is 4.23. The number of aromatic nitrogens is 4. The van der Waals surface area contributed by atoms with Crippen molar-refractivity contribution in [2.24, 2.45) is 11.3 Å². The first-order valence-electron chi connectivity index (χ1n) is 25.0. The van der Waals surface area contributed by atoms with Crippen molar-refractivity contribution in [3.63, 3.8) is 0 Å². The molecule has 6 aromatic rings. The summed E-state index contributed by atoms with van der Waals surface area (Å²) in [7, 11) is 1.48. The van der Waals surface area contributed by atoms with Crippen LogP contribution in [0.25, 0.3) is 10.9 Å². The van der Waals surface area contributed by atoms with Crippen LogP contribution in [0.2, 0.25) is 0 Å². The van der Waals surface area contributed by atoms with Gasteiger partial charge in [0.1, 0.15) is 34.5 Å². The minimum Gasteiger partial charge on any atom is -0.495 e. The first kappa shape index (κ1) is 49.3. The van der Waals surface area contributed by atoms with Gasteiger partial charge in [0, 0.05) is 80.9 Å². The third-order valence-electron chi connectivity index (χ3n) is 14.7. The van der Waals surface area contributed by atoms with Crippen LogP contribution < -0.4 is 40.5 Å². The van der Waals surface area contributed by atoms with Crippen LogP contribution >= 0.6 is 0 Å². The Balaban J connectivity index is 0.644. The van der Waals surface area contributed by atoms with Crippen LogP contribution in [0.1, 0.15) is 69.7 Å². The van der Waals surface area contributed by atoms with Gasteiger partial charge in [-0.25, -0.2) is 9.37 Å². The molecule has 76 heavy (non-hydrogen) atoms. The molecule has 3 saturated heterocycles. The van der Waals surface area contributed by atoms with Crippen molar-refractivity contribution >= 4 is 81.0 Å². The van der Waals surface area contributed by atoms with Crippen molar-refractivity contribution in [2.45, 2.75) is 44.6 Å². The molecule has 21 nitrogen and oxygen atoms in total. The van der Waals surface area contributed by atoms with Crippen molar-refractivity contribution < 1.29 is 47.4 Å². The summed E-state index contributed by atoms with van der Waals surface area (Å²) in [6, 6.07) is 21.3. The summed E-state index contributed by atoms with van der Waals surface area (Å²) in [6.45, 7) is 5.55. The number of pyridine rings is 1. The Morgan fingerprint density at radius 3 is 2.09 bits per heavy atom. The van der Waals surface area contributed by atoms with E-state index in [4.69, 9.17) is 9.47 Å². The molecule has 1 saturated carbocycles. The van der Waals surface area contributed by atoms with Crippen LogP contribution in [0.3, 0.4) is 0 Å². The van der Waals surface area contributed by atoms with Gasteiger partial charge in [-0.15, -0.1) is 10.2 Å². The number of carbonyl (C=O) groups is 7. The zero-order chi connectivity index (χ0) is 52.7. The average molecular weight is 1030 g/mol. The number of hydrogen-bond acceptors (Lipinski definition) is 16. The van der Waals surface area contributed by atoms with Crippen LogP contribution in [0.15, 0.2) is 97.3 Å². The van der Waals surface area contributed by atoms with Crippen molar-refractivity contribution in [1.82, 2.24) is 35.3 Å². The lowest BCUT2D eigenvalue weighted by molar-refractivity contribution is -0.136. The molecule has 0 spiro atoms. The highest BCUT2D eigenvalue weighted by atomic mass is 19.1. The highest BCUT2D eigenvalue weighted by Gasteiger charge is 2.56. The van der Waals surface area contributed by atoms with E-state index in [1.165, 1.54) is 37.6 Å². The molecule has 4 aliphatic heterocycles.